The molecule has 0 amide bonds. The first kappa shape index (κ1) is 42.4. The number of ketones is 1. The number of carboxylic acids is 1. The van der Waals surface area contributed by atoms with Gasteiger partial charge >= 0.3 is 23.9 Å². The molecule has 0 saturated carbocycles. The van der Waals surface area contributed by atoms with Gasteiger partial charge in [-0.05, 0) is 33.0 Å². The lowest BCUT2D eigenvalue weighted by molar-refractivity contribution is -0.345. The van der Waals surface area contributed by atoms with Crippen molar-refractivity contribution in [2.24, 2.45) is 4.99 Å². The van der Waals surface area contributed by atoms with Crippen molar-refractivity contribution >= 4 is 52.8 Å². The number of Topliss-reactive ketones (excluding diaryl/α,β-unsaturated/α-hetero) is 1. The average Bonchev–Trinajstić information content (AvgIpc) is 3.08. The molecule has 2 heterocycles. The number of aliphatic hydroxyl groups is 4. The highest BCUT2D eigenvalue weighted by Crippen LogP contribution is 2.42. The molecule has 0 bridgehead atoms. The standard InChI is InChI=1S/C32H42N2O17S/c1-7-16(34-12-52)30(42)51-25-18(11-46-15(5)35)49-28(31(43)10-17(36)23(33)22(27(31)39)29(40)41)24(38)26(25)50-21-9-19(45-6)32(44,14(4)48-21)13(3)47-20(37)8-2/h7,13-14,18-19,21,24-26,28,33,38-39,43-44H,8-11H2,1-6H3,(H,40,41). The minimum atomic E-state index is -3.02. The number of ether oxygens (including phenoxy) is 7. The monoisotopic (exact) mass is 758 g/mol. The Morgan fingerprint density at radius 2 is 1.87 bits per heavy atom. The molecule has 0 radical (unpaired) electrons. The van der Waals surface area contributed by atoms with Crippen LogP contribution in [0.4, 0.5) is 0 Å². The summed E-state index contributed by atoms with van der Waals surface area (Å²) in [6.45, 7) is 6.11. The van der Waals surface area contributed by atoms with Crippen molar-refractivity contribution in [1.82, 2.24) is 0 Å². The van der Waals surface area contributed by atoms with E-state index >= 15 is 0 Å². The molecular formula is C32H42N2O17S. The highest BCUT2D eigenvalue weighted by Gasteiger charge is 2.62. The Kier molecular flexibility index (Phi) is 14.1. The zero-order valence-corrected chi connectivity index (χ0v) is 29.9. The van der Waals surface area contributed by atoms with Crippen LogP contribution in [-0.2, 0) is 57.1 Å². The number of nitrogens with zero attached hydrogens (tertiary/aromatic N) is 1. The number of esters is 3. The first-order valence-corrected chi connectivity index (χ1v) is 16.4. The second-order valence-electron chi connectivity index (χ2n) is 12.2. The number of isothiocyanates is 1. The summed E-state index contributed by atoms with van der Waals surface area (Å²) in [5.41, 5.74) is -7.72. The number of carbonyl (C=O) groups is 5. The van der Waals surface area contributed by atoms with E-state index < -0.39 is 126 Å². The Labute approximate surface area is 302 Å². The van der Waals surface area contributed by atoms with Crippen LogP contribution in [0.1, 0.15) is 53.9 Å². The molecule has 6 N–H and O–H groups in total. The van der Waals surface area contributed by atoms with Gasteiger partial charge in [-0.15, -0.1) is 0 Å². The van der Waals surface area contributed by atoms with E-state index in [9.17, 15) is 49.5 Å². The fourth-order valence-electron chi connectivity index (χ4n) is 6.28. The summed E-state index contributed by atoms with van der Waals surface area (Å²) in [5.74, 6) is -7.22. The predicted octanol–water partition coefficient (Wildman–Crippen LogP) is -0.176. The molecule has 288 valence electrons. The van der Waals surface area contributed by atoms with Gasteiger partial charge in [0, 0.05) is 26.9 Å². The number of aliphatic imine (C=N–C) groups is 1. The van der Waals surface area contributed by atoms with Gasteiger partial charge in [-0.25, -0.2) is 9.59 Å². The van der Waals surface area contributed by atoms with Gasteiger partial charge in [0.25, 0.3) is 0 Å². The Morgan fingerprint density at radius 3 is 2.40 bits per heavy atom. The van der Waals surface area contributed by atoms with Gasteiger partial charge in [-0.1, -0.05) is 13.0 Å². The van der Waals surface area contributed by atoms with Gasteiger partial charge in [0.15, 0.2) is 35.1 Å². The SMILES string of the molecule is CC=C(N=C=S)C(=O)OC1C(COC(C)=O)OC(C2(O)CC(=O)C(=N)C(C(=O)O)=C2O)C(O)C1OC1CC(OC)C(O)(C(C)OC(=O)CC)C(C)O1. The van der Waals surface area contributed by atoms with Gasteiger partial charge in [-0.3, -0.25) is 19.8 Å². The molecular weight excluding hydrogens is 716 g/mol. The Balaban J connectivity index is 2.16. The van der Waals surface area contributed by atoms with Gasteiger partial charge in [0.2, 0.25) is 0 Å². The molecule has 2 saturated heterocycles. The number of allylic oxidation sites excluding steroid dienone is 1. The van der Waals surface area contributed by atoms with Gasteiger partial charge in [0.05, 0.1) is 23.8 Å². The zero-order chi connectivity index (χ0) is 39.3. The van der Waals surface area contributed by atoms with Crippen molar-refractivity contribution in [2.75, 3.05) is 13.7 Å². The number of thiocarbonyl (C=S) groups is 1. The van der Waals surface area contributed by atoms with Gasteiger partial charge < -0.3 is 58.7 Å². The summed E-state index contributed by atoms with van der Waals surface area (Å²) in [6.07, 6.45) is -14.9. The summed E-state index contributed by atoms with van der Waals surface area (Å²) in [4.78, 5) is 65.6. The quantitative estimate of drug-likeness (QED) is 0.0467. The number of carboxylic acid groups (broad SMARTS) is 1. The van der Waals surface area contributed by atoms with Crippen LogP contribution in [-0.4, -0.2) is 146 Å². The van der Waals surface area contributed by atoms with E-state index in [1.165, 1.54) is 34.0 Å². The molecule has 2 aliphatic heterocycles. The topological polar surface area (TPSA) is 287 Å². The molecule has 2 fully saturated rings. The smallest absolute Gasteiger partial charge is 0.357 e. The maximum Gasteiger partial charge on any atom is 0.357 e. The van der Waals surface area contributed by atoms with E-state index in [-0.39, 0.29) is 18.5 Å². The molecule has 0 spiro atoms. The Hall–Kier alpha value is -3.98. The lowest BCUT2D eigenvalue weighted by Crippen LogP contribution is -2.70. The number of rotatable bonds is 13. The second-order valence-corrected chi connectivity index (χ2v) is 12.4. The van der Waals surface area contributed by atoms with Crippen LogP contribution in [0, 0.1) is 5.41 Å². The highest BCUT2D eigenvalue weighted by molar-refractivity contribution is 7.78. The van der Waals surface area contributed by atoms with E-state index in [0.29, 0.717) is 0 Å². The maximum absolute atomic E-state index is 13.3. The van der Waals surface area contributed by atoms with Crippen molar-refractivity contribution in [3.63, 3.8) is 0 Å². The zero-order valence-electron chi connectivity index (χ0n) is 29.1. The number of hydrogen-bond acceptors (Lipinski definition) is 19. The number of nitrogens with one attached hydrogen (secondary N) is 1. The number of hydrogen-bond donors (Lipinski definition) is 6. The van der Waals surface area contributed by atoms with Crippen LogP contribution in [0.25, 0.3) is 0 Å². The molecule has 3 rings (SSSR count). The summed E-state index contributed by atoms with van der Waals surface area (Å²) < 4.78 is 39.6. The summed E-state index contributed by atoms with van der Waals surface area (Å²) >= 11 is 4.59. The van der Waals surface area contributed by atoms with Crippen LogP contribution in [0.2, 0.25) is 0 Å². The largest absolute Gasteiger partial charge is 0.508 e. The number of methoxy groups -OCH3 is 1. The molecule has 1 aliphatic carbocycles. The molecule has 20 heteroatoms. The van der Waals surface area contributed by atoms with E-state index in [1.807, 2.05) is 5.16 Å². The lowest BCUT2D eigenvalue weighted by Gasteiger charge is -2.52. The first-order chi connectivity index (χ1) is 24.3. The summed E-state index contributed by atoms with van der Waals surface area (Å²) in [6, 6.07) is 0. The van der Waals surface area contributed by atoms with Crippen molar-refractivity contribution < 1.29 is 82.7 Å². The van der Waals surface area contributed by atoms with Crippen LogP contribution in [0.15, 0.2) is 28.1 Å². The Bertz CT molecular complexity index is 1560. The second kappa shape index (κ2) is 17.2. The minimum Gasteiger partial charge on any atom is -0.508 e. The minimum absolute atomic E-state index is 0.0129. The van der Waals surface area contributed by atoms with Crippen molar-refractivity contribution in [1.29, 1.82) is 5.41 Å². The molecule has 0 aromatic carbocycles. The molecule has 0 aromatic rings. The van der Waals surface area contributed by atoms with E-state index in [4.69, 9.17) is 38.6 Å². The van der Waals surface area contributed by atoms with Crippen molar-refractivity contribution in [2.45, 2.75) is 120 Å². The maximum atomic E-state index is 13.3. The third-order valence-electron chi connectivity index (χ3n) is 9.06. The van der Waals surface area contributed by atoms with E-state index in [1.54, 1.807) is 6.92 Å². The normalized spacial score (nSPS) is 34.5. The molecule has 0 aromatic heterocycles. The van der Waals surface area contributed by atoms with Crippen LogP contribution < -0.4 is 0 Å². The molecule has 11 unspecified atom stereocenters. The summed E-state index contributed by atoms with van der Waals surface area (Å²) in [5, 5.41) is 65.8. The molecule has 11 atom stereocenters. The number of aliphatic carboxylic acids is 1. The van der Waals surface area contributed by atoms with Crippen molar-refractivity contribution in [3.8, 4) is 0 Å². The van der Waals surface area contributed by atoms with E-state index in [2.05, 4.69) is 17.2 Å². The average molecular weight is 759 g/mol. The number of carbonyl (C=O) groups excluding carboxylic acids is 4. The Morgan fingerprint density at radius 1 is 1.21 bits per heavy atom. The fraction of sp³-hybridized carbons (Fsp3) is 0.656. The highest BCUT2D eigenvalue weighted by atomic mass is 32.1. The van der Waals surface area contributed by atoms with Crippen LogP contribution in [0.3, 0.4) is 0 Å². The van der Waals surface area contributed by atoms with Gasteiger partial charge in [-0.2, -0.15) is 4.99 Å². The third kappa shape index (κ3) is 8.46. The van der Waals surface area contributed by atoms with Crippen molar-refractivity contribution in [3.05, 3.63) is 23.1 Å². The van der Waals surface area contributed by atoms with Gasteiger partial charge in [0.1, 0.15) is 54.2 Å². The predicted molar refractivity (Wildman–Crippen MR) is 175 cm³/mol. The first-order valence-electron chi connectivity index (χ1n) is 16.0. The molecule has 3 aliphatic rings. The van der Waals surface area contributed by atoms with E-state index in [0.717, 1.165) is 6.92 Å². The molecule has 19 nitrogen and oxygen atoms in total. The molecule has 52 heavy (non-hydrogen) atoms. The number of aliphatic hydroxyl groups excluding tert-OH is 2. The summed E-state index contributed by atoms with van der Waals surface area (Å²) in [7, 11) is 1.26. The van der Waals surface area contributed by atoms with Crippen LogP contribution in [0.5, 0.6) is 0 Å². The lowest BCUT2D eigenvalue weighted by atomic mass is 9.74. The third-order valence-corrected chi connectivity index (χ3v) is 9.15. The fourth-order valence-corrected chi connectivity index (χ4v) is 6.38. The van der Waals surface area contributed by atoms with Crippen LogP contribution >= 0.6 is 12.2 Å².